The largest absolute Gasteiger partial charge is 0.489 e. The molecule has 0 N–H and O–H groups in total. The van der Waals surface area contributed by atoms with Crippen LogP contribution in [0.2, 0.25) is 0 Å². The summed E-state index contributed by atoms with van der Waals surface area (Å²) in [6.45, 7) is 14.6. The molecule has 1 unspecified atom stereocenters. The molecule has 0 aliphatic rings. The maximum absolute atomic E-state index is 6.03. The van der Waals surface area contributed by atoms with Crippen LogP contribution in [0.25, 0.3) is 0 Å². The van der Waals surface area contributed by atoms with Gasteiger partial charge in [-0.15, -0.1) is 0 Å². The summed E-state index contributed by atoms with van der Waals surface area (Å²) in [6, 6.07) is 19.0. The molecular weight excluding hydrogens is 292 g/mol. The molecule has 2 aromatic rings. The summed E-state index contributed by atoms with van der Waals surface area (Å²) in [5.74, 6) is 1.47. The highest BCUT2D eigenvalue weighted by Gasteiger charge is 2.30. The molecule has 2 aromatic carbocycles. The summed E-state index contributed by atoms with van der Waals surface area (Å²) in [5.41, 5.74) is 3.11. The van der Waals surface area contributed by atoms with Crippen molar-refractivity contribution in [2.24, 2.45) is 10.8 Å². The second-order valence-corrected chi connectivity index (χ2v) is 9.03. The molecule has 0 aliphatic heterocycles. The van der Waals surface area contributed by atoms with E-state index < -0.39 is 0 Å². The van der Waals surface area contributed by atoms with Crippen LogP contribution in [0.3, 0.4) is 0 Å². The van der Waals surface area contributed by atoms with E-state index in [9.17, 15) is 0 Å². The minimum Gasteiger partial charge on any atom is -0.489 e. The fraction of sp³-hybridized carbons (Fsp3) is 0.478. The van der Waals surface area contributed by atoms with E-state index in [1.54, 1.807) is 0 Å². The molecule has 1 atom stereocenters. The van der Waals surface area contributed by atoms with Gasteiger partial charge in [-0.3, -0.25) is 0 Å². The van der Waals surface area contributed by atoms with Gasteiger partial charge >= 0.3 is 0 Å². The molecule has 0 saturated carbocycles. The summed E-state index contributed by atoms with van der Waals surface area (Å²) >= 11 is 0. The van der Waals surface area contributed by atoms with Gasteiger partial charge in [0, 0.05) is 0 Å². The molecule has 0 saturated heterocycles. The van der Waals surface area contributed by atoms with Gasteiger partial charge in [0.2, 0.25) is 0 Å². The first-order chi connectivity index (χ1) is 11.1. The molecule has 0 spiro atoms. The van der Waals surface area contributed by atoms with Crippen molar-refractivity contribution >= 4 is 0 Å². The van der Waals surface area contributed by atoms with Crippen molar-refractivity contribution in [3.63, 3.8) is 0 Å². The van der Waals surface area contributed by atoms with E-state index in [2.05, 4.69) is 77.9 Å². The fourth-order valence-corrected chi connectivity index (χ4v) is 3.10. The normalized spacial score (nSPS) is 13.6. The first kappa shape index (κ1) is 18.6. The molecule has 0 fully saturated rings. The highest BCUT2D eigenvalue weighted by Crippen LogP contribution is 2.43. The number of hydrogen-bond donors (Lipinski definition) is 0. The molecule has 0 heterocycles. The molecule has 0 aromatic heterocycles. The average molecular weight is 325 g/mol. The van der Waals surface area contributed by atoms with Crippen LogP contribution in [0.1, 0.15) is 65.0 Å². The Kier molecular flexibility index (Phi) is 5.74. The van der Waals surface area contributed by atoms with Gasteiger partial charge in [0.15, 0.2) is 0 Å². The quantitative estimate of drug-likeness (QED) is 0.585. The van der Waals surface area contributed by atoms with Crippen LogP contribution in [-0.4, -0.2) is 0 Å². The predicted molar refractivity (Wildman–Crippen MR) is 103 cm³/mol. The van der Waals surface area contributed by atoms with Crippen LogP contribution in [-0.2, 0) is 6.61 Å². The van der Waals surface area contributed by atoms with Gasteiger partial charge in [-0.2, -0.15) is 0 Å². The van der Waals surface area contributed by atoms with Crippen LogP contribution in [0.4, 0.5) is 0 Å². The number of ether oxygens (including phenoxy) is 1. The molecule has 2 rings (SSSR count). The highest BCUT2D eigenvalue weighted by atomic mass is 16.5. The van der Waals surface area contributed by atoms with Crippen LogP contribution < -0.4 is 4.74 Å². The summed E-state index contributed by atoms with van der Waals surface area (Å²) in [7, 11) is 0. The average Bonchev–Trinajstić information content (AvgIpc) is 2.50. The third-order valence-corrected chi connectivity index (χ3v) is 4.37. The Morgan fingerprint density at radius 3 is 2.08 bits per heavy atom. The maximum atomic E-state index is 6.03. The summed E-state index contributed by atoms with van der Waals surface area (Å²) in [6.07, 6.45) is 1.17. The molecule has 24 heavy (non-hydrogen) atoms. The number of rotatable bonds is 5. The minimum absolute atomic E-state index is 0.228. The van der Waals surface area contributed by atoms with Crippen molar-refractivity contribution in [1.82, 2.24) is 0 Å². The molecule has 0 radical (unpaired) electrons. The lowest BCUT2D eigenvalue weighted by Gasteiger charge is -2.36. The molecular formula is C23H32O. The second kappa shape index (κ2) is 7.42. The van der Waals surface area contributed by atoms with Crippen molar-refractivity contribution in [2.75, 3.05) is 0 Å². The third-order valence-electron chi connectivity index (χ3n) is 4.37. The van der Waals surface area contributed by atoms with E-state index in [0.717, 1.165) is 5.75 Å². The Balaban J connectivity index is 2.17. The third kappa shape index (κ3) is 5.70. The fourth-order valence-electron chi connectivity index (χ4n) is 3.10. The van der Waals surface area contributed by atoms with Gasteiger partial charge < -0.3 is 4.74 Å². The lowest BCUT2D eigenvalue weighted by atomic mass is 9.69. The second-order valence-electron chi connectivity index (χ2n) is 9.03. The van der Waals surface area contributed by atoms with E-state index in [0.29, 0.717) is 17.9 Å². The van der Waals surface area contributed by atoms with E-state index in [-0.39, 0.29) is 5.41 Å². The van der Waals surface area contributed by atoms with Gasteiger partial charge in [-0.25, -0.2) is 0 Å². The maximum Gasteiger partial charge on any atom is 0.120 e. The summed E-state index contributed by atoms with van der Waals surface area (Å²) in [5, 5.41) is 0. The topological polar surface area (TPSA) is 9.23 Å². The molecule has 0 bridgehead atoms. The number of hydrogen-bond acceptors (Lipinski definition) is 1. The smallest absolute Gasteiger partial charge is 0.120 e. The zero-order valence-electron chi connectivity index (χ0n) is 16.1. The van der Waals surface area contributed by atoms with Crippen LogP contribution in [0.15, 0.2) is 54.6 Å². The van der Waals surface area contributed by atoms with Crippen molar-refractivity contribution in [2.45, 2.75) is 60.5 Å². The number of benzene rings is 2. The van der Waals surface area contributed by atoms with E-state index in [4.69, 9.17) is 4.74 Å². The van der Waals surface area contributed by atoms with Crippen molar-refractivity contribution in [3.8, 4) is 5.75 Å². The van der Waals surface area contributed by atoms with E-state index >= 15 is 0 Å². The predicted octanol–water partition coefficient (Wildman–Crippen LogP) is 6.83. The monoisotopic (exact) mass is 324 g/mol. The lowest BCUT2D eigenvalue weighted by molar-refractivity contribution is 0.228. The van der Waals surface area contributed by atoms with Crippen molar-refractivity contribution in [3.05, 3.63) is 65.7 Å². The van der Waals surface area contributed by atoms with Crippen LogP contribution in [0, 0.1) is 10.8 Å². The first-order valence-corrected chi connectivity index (χ1v) is 8.92. The highest BCUT2D eigenvalue weighted by molar-refractivity contribution is 5.32. The summed E-state index contributed by atoms with van der Waals surface area (Å²) < 4.78 is 6.03. The van der Waals surface area contributed by atoms with Gasteiger partial charge in [0.25, 0.3) is 0 Å². The molecule has 1 nitrogen and oxygen atoms in total. The van der Waals surface area contributed by atoms with Crippen molar-refractivity contribution in [1.29, 1.82) is 0 Å². The standard InChI is InChI=1S/C23H32O/c1-22(2,3)16-21(23(4,5)6)19-13-10-14-20(15-19)24-17-18-11-8-7-9-12-18/h7-15,21H,16-17H2,1-6H3. The lowest BCUT2D eigenvalue weighted by Crippen LogP contribution is -2.23. The minimum atomic E-state index is 0.228. The van der Waals surface area contributed by atoms with Gasteiger partial charge in [0.1, 0.15) is 12.4 Å². The molecule has 130 valence electrons. The Morgan fingerprint density at radius 2 is 1.50 bits per heavy atom. The molecule has 0 amide bonds. The SMILES string of the molecule is CC(C)(C)CC(c1cccc(OCc2ccccc2)c1)C(C)(C)C. The van der Waals surface area contributed by atoms with E-state index in [1.807, 2.05) is 18.2 Å². The van der Waals surface area contributed by atoms with Gasteiger partial charge in [0.05, 0.1) is 0 Å². The Morgan fingerprint density at radius 1 is 0.833 bits per heavy atom. The molecule has 1 heteroatoms. The first-order valence-electron chi connectivity index (χ1n) is 8.92. The summed E-state index contributed by atoms with van der Waals surface area (Å²) in [4.78, 5) is 0. The Bertz CT molecular complexity index is 629. The van der Waals surface area contributed by atoms with Gasteiger partial charge in [-0.05, 0) is 46.4 Å². The van der Waals surface area contributed by atoms with Gasteiger partial charge in [-0.1, -0.05) is 84.0 Å². The zero-order chi connectivity index (χ0) is 17.8. The van der Waals surface area contributed by atoms with Crippen LogP contribution >= 0.6 is 0 Å². The van der Waals surface area contributed by atoms with E-state index in [1.165, 1.54) is 17.5 Å². The van der Waals surface area contributed by atoms with Crippen LogP contribution in [0.5, 0.6) is 5.75 Å². The Hall–Kier alpha value is -1.76. The van der Waals surface area contributed by atoms with Crippen molar-refractivity contribution < 1.29 is 4.74 Å². The molecule has 0 aliphatic carbocycles. The zero-order valence-corrected chi connectivity index (χ0v) is 16.1. The Labute approximate surface area is 148 Å².